The van der Waals surface area contributed by atoms with Crippen LogP contribution in [0.3, 0.4) is 0 Å². The van der Waals surface area contributed by atoms with Crippen molar-refractivity contribution in [3.63, 3.8) is 0 Å². The molecule has 0 N–H and O–H groups in total. The van der Waals surface area contributed by atoms with Crippen LogP contribution in [0.25, 0.3) is 0 Å². The van der Waals surface area contributed by atoms with Crippen molar-refractivity contribution in [1.82, 2.24) is 14.9 Å². The van der Waals surface area contributed by atoms with Gasteiger partial charge in [-0.1, -0.05) is 13.8 Å². The minimum atomic E-state index is -0.279. The normalized spacial score (nSPS) is 17.5. The molecule has 0 radical (unpaired) electrons. The van der Waals surface area contributed by atoms with Crippen molar-refractivity contribution in [2.75, 3.05) is 27.2 Å². The third-order valence-corrected chi connectivity index (χ3v) is 3.21. The highest BCUT2D eigenvalue weighted by Gasteiger charge is 2.32. The molecule has 0 unspecified atom stereocenters. The topological polar surface area (TPSA) is 75.5 Å². The van der Waals surface area contributed by atoms with Crippen LogP contribution in [-0.2, 0) is 0 Å². The van der Waals surface area contributed by atoms with E-state index in [0.717, 1.165) is 6.54 Å². The zero-order valence-electron chi connectivity index (χ0n) is 12.9. The van der Waals surface area contributed by atoms with Gasteiger partial charge in [0.1, 0.15) is 11.4 Å². The maximum absolute atomic E-state index is 12.3. The maximum atomic E-state index is 12.3. The van der Waals surface area contributed by atoms with E-state index in [1.807, 2.05) is 14.1 Å². The molecule has 21 heavy (non-hydrogen) atoms. The Morgan fingerprint density at radius 2 is 1.81 bits per heavy atom. The average Bonchev–Trinajstić information content (AvgIpc) is 2.40. The summed E-state index contributed by atoms with van der Waals surface area (Å²) in [6.45, 7) is 5.51. The maximum Gasteiger partial charge on any atom is 0.227 e. The first-order chi connectivity index (χ1) is 9.80. The van der Waals surface area contributed by atoms with Gasteiger partial charge < -0.3 is 4.90 Å². The van der Waals surface area contributed by atoms with Crippen LogP contribution < -0.4 is 0 Å². The molecule has 0 atom stereocenters. The molecule has 0 saturated carbocycles. The van der Waals surface area contributed by atoms with E-state index in [4.69, 9.17) is 0 Å². The van der Waals surface area contributed by atoms with Gasteiger partial charge in [-0.25, -0.2) is 9.97 Å². The lowest BCUT2D eigenvalue weighted by Gasteiger charge is -2.26. The number of rotatable bonds is 4. The Morgan fingerprint density at radius 3 is 2.43 bits per heavy atom. The number of hydrogen-bond donors (Lipinski definition) is 0. The Morgan fingerprint density at radius 1 is 1.19 bits per heavy atom. The number of fused-ring (bicyclic) bond motifs is 1. The number of Topliss-reactive ketones (excluding diaryl/α,β-unsaturated/α-hetero) is 2. The summed E-state index contributed by atoms with van der Waals surface area (Å²) in [6.07, 6.45) is 2.86. The summed E-state index contributed by atoms with van der Waals surface area (Å²) in [6, 6.07) is 0. The minimum absolute atomic E-state index is 0.0164. The van der Waals surface area contributed by atoms with Crippen LogP contribution in [0.1, 0.15) is 41.2 Å². The van der Waals surface area contributed by atoms with Gasteiger partial charge in [-0.2, -0.15) is 0 Å². The van der Waals surface area contributed by atoms with Crippen LogP contribution in [0.4, 0.5) is 0 Å². The second kappa shape index (κ2) is 5.81. The number of carbonyl (C=O) groups excluding carboxylic acids is 2. The van der Waals surface area contributed by atoms with Gasteiger partial charge in [-0.3, -0.25) is 14.6 Å². The van der Waals surface area contributed by atoms with Crippen LogP contribution in [0, 0.1) is 5.41 Å². The van der Waals surface area contributed by atoms with E-state index in [-0.39, 0.29) is 34.8 Å². The van der Waals surface area contributed by atoms with Gasteiger partial charge >= 0.3 is 0 Å². The fraction of sp³-hybridized carbons (Fsp3) is 0.533. The molecule has 0 bridgehead atoms. The Kier molecular flexibility index (Phi) is 4.27. The van der Waals surface area contributed by atoms with Crippen molar-refractivity contribution < 1.29 is 9.59 Å². The van der Waals surface area contributed by atoms with E-state index < -0.39 is 0 Å². The predicted molar refractivity (Wildman–Crippen MR) is 79.9 cm³/mol. The van der Waals surface area contributed by atoms with E-state index in [1.54, 1.807) is 0 Å². The number of aliphatic imine (C=N–C) groups is 1. The standard InChI is InChI=1S/C15H20N4O2/c1-15(2,9-19(3)4)8-18-10-7-11(20)12-13(14(10)21)17-6-5-16-12/h5-6H,7-9H2,1-4H3. The van der Waals surface area contributed by atoms with Crippen LogP contribution in [0.2, 0.25) is 0 Å². The molecule has 1 aromatic heterocycles. The zero-order valence-corrected chi connectivity index (χ0v) is 12.9. The summed E-state index contributed by atoms with van der Waals surface area (Å²) >= 11 is 0. The van der Waals surface area contributed by atoms with Gasteiger partial charge in [0.05, 0.1) is 12.1 Å². The summed E-state index contributed by atoms with van der Waals surface area (Å²) in [7, 11) is 3.99. The summed E-state index contributed by atoms with van der Waals surface area (Å²) < 4.78 is 0. The summed E-state index contributed by atoms with van der Waals surface area (Å²) in [4.78, 5) is 38.7. The fourth-order valence-corrected chi connectivity index (χ4v) is 2.50. The summed E-state index contributed by atoms with van der Waals surface area (Å²) in [5.41, 5.74) is 0.509. The second-order valence-electron chi connectivity index (χ2n) is 6.35. The smallest absolute Gasteiger partial charge is 0.227 e. The number of aromatic nitrogens is 2. The molecule has 0 spiro atoms. The second-order valence-corrected chi connectivity index (χ2v) is 6.35. The number of carbonyl (C=O) groups is 2. The van der Waals surface area contributed by atoms with Gasteiger partial charge in [0.15, 0.2) is 5.78 Å². The molecule has 0 fully saturated rings. The van der Waals surface area contributed by atoms with Gasteiger partial charge in [0.25, 0.3) is 0 Å². The Balaban J connectivity index is 2.21. The Bertz CT molecular complexity index is 605. The van der Waals surface area contributed by atoms with E-state index in [9.17, 15) is 9.59 Å². The largest absolute Gasteiger partial charge is 0.309 e. The highest BCUT2D eigenvalue weighted by molar-refractivity contribution is 6.52. The average molecular weight is 288 g/mol. The van der Waals surface area contributed by atoms with E-state index in [1.165, 1.54) is 12.4 Å². The number of nitrogens with zero attached hydrogens (tertiary/aromatic N) is 4. The van der Waals surface area contributed by atoms with Crippen molar-refractivity contribution in [2.45, 2.75) is 20.3 Å². The Labute approximate surface area is 124 Å². The highest BCUT2D eigenvalue weighted by Crippen LogP contribution is 2.19. The molecule has 0 saturated heterocycles. The molecule has 1 heterocycles. The van der Waals surface area contributed by atoms with Crippen LogP contribution in [0.5, 0.6) is 0 Å². The van der Waals surface area contributed by atoms with Crippen molar-refractivity contribution >= 4 is 17.3 Å². The fourth-order valence-electron chi connectivity index (χ4n) is 2.50. The predicted octanol–water partition coefficient (Wildman–Crippen LogP) is 1.27. The Hall–Kier alpha value is -1.95. The van der Waals surface area contributed by atoms with Crippen LogP contribution in [0.15, 0.2) is 17.4 Å². The molecule has 6 heteroatoms. The molecule has 0 aliphatic heterocycles. The van der Waals surface area contributed by atoms with Crippen molar-refractivity contribution in [1.29, 1.82) is 0 Å². The van der Waals surface area contributed by atoms with E-state index >= 15 is 0 Å². The SMILES string of the molecule is CN(C)CC(C)(C)CN=C1CC(=O)c2nccnc2C1=O. The van der Waals surface area contributed by atoms with Gasteiger partial charge in [0.2, 0.25) is 5.78 Å². The molecule has 112 valence electrons. The first kappa shape index (κ1) is 15.4. The molecule has 1 aliphatic carbocycles. The van der Waals surface area contributed by atoms with Crippen LogP contribution >= 0.6 is 0 Å². The van der Waals surface area contributed by atoms with E-state index in [0.29, 0.717) is 12.3 Å². The van der Waals surface area contributed by atoms with Crippen LogP contribution in [-0.4, -0.2) is 59.3 Å². The first-order valence-electron chi connectivity index (χ1n) is 6.87. The monoisotopic (exact) mass is 288 g/mol. The van der Waals surface area contributed by atoms with Gasteiger partial charge in [-0.15, -0.1) is 0 Å². The molecule has 0 aromatic carbocycles. The van der Waals surface area contributed by atoms with Gasteiger partial charge in [0, 0.05) is 25.5 Å². The molecule has 6 nitrogen and oxygen atoms in total. The highest BCUT2D eigenvalue weighted by atomic mass is 16.1. The number of hydrogen-bond acceptors (Lipinski definition) is 6. The zero-order chi connectivity index (χ0) is 15.6. The quantitative estimate of drug-likeness (QED) is 0.834. The van der Waals surface area contributed by atoms with Crippen molar-refractivity contribution in [3.05, 3.63) is 23.8 Å². The third kappa shape index (κ3) is 3.58. The lowest BCUT2D eigenvalue weighted by Crippen LogP contribution is -2.33. The van der Waals surface area contributed by atoms with Gasteiger partial charge in [-0.05, 0) is 19.5 Å². The molecule has 0 amide bonds. The molecular formula is C15H20N4O2. The molecule has 2 rings (SSSR count). The number of ketones is 2. The van der Waals surface area contributed by atoms with Crippen molar-refractivity contribution in [2.24, 2.45) is 10.4 Å². The van der Waals surface area contributed by atoms with Crippen molar-refractivity contribution in [3.8, 4) is 0 Å². The lowest BCUT2D eigenvalue weighted by atomic mass is 9.92. The summed E-state index contributed by atoms with van der Waals surface area (Å²) in [5.74, 6) is -0.472. The molecule has 1 aliphatic rings. The first-order valence-corrected chi connectivity index (χ1v) is 6.87. The third-order valence-electron chi connectivity index (χ3n) is 3.21. The minimum Gasteiger partial charge on any atom is -0.309 e. The molecule has 1 aromatic rings. The summed E-state index contributed by atoms with van der Waals surface area (Å²) in [5, 5.41) is 0. The molecular weight excluding hydrogens is 268 g/mol. The lowest BCUT2D eigenvalue weighted by molar-refractivity contribution is 0.0956. The van der Waals surface area contributed by atoms with E-state index in [2.05, 4.69) is 33.7 Å².